The quantitative estimate of drug-likeness (QED) is 0.706. The first kappa shape index (κ1) is 15.9. The molecule has 21 heavy (non-hydrogen) atoms. The molecular weight excluding hydrogens is 322 g/mol. The molecular formula is C10H15N3O6S2. The van der Waals surface area contributed by atoms with Gasteiger partial charge >= 0.3 is 5.97 Å². The van der Waals surface area contributed by atoms with E-state index in [9.17, 15) is 21.6 Å². The van der Waals surface area contributed by atoms with Gasteiger partial charge in [-0.2, -0.15) is 9.40 Å². The molecule has 1 aliphatic heterocycles. The lowest BCUT2D eigenvalue weighted by Gasteiger charge is -2.25. The van der Waals surface area contributed by atoms with E-state index in [2.05, 4.69) is 5.10 Å². The number of carboxylic acid groups (broad SMARTS) is 1. The summed E-state index contributed by atoms with van der Waals surface area (Å²) in [5.41, 5.74) is 0. The van der Waals surface area contributed by atoms with Crippen molar-refractivity contribution < 1.29 is 26.7 Å². The maximum Gasteiger partial charge on any atom is 0.318 e. The normalized spacial score (nSPS) is 21.7. The van der Waals surface area contributed by atoms with E-state index in [0.29, 0.717) is 0 Å². The SMILES string of the molecule is Cn1nccc1S(=O)(=O)N(CC(=O)O)C1CCS(=O)(=O)C1. The van der Waals surface area contributed by atoms with Crippen molar-refractivity contribution in [1.82, 2.24) is 14.1 Å². The molecule has 1 aromatic rings. The second kappa shape index (κ2) is 5.39. The minimum absolute atomic E-state index is 0.0900. The predicted octanol–water partition coefficient (Wildman–Crippen LogP) is -1.32. The van der Waals surface area contributed by atoms with E-state index >= 15 is 0 Å². The van der Waals surface area contributed by atoms with Crippen LogP contribution in [0.1, 0.15) is 6.42 Å². The molecule has 1 unspecified atom stereocenters. The van der Waals surface area contributed by atoms with E-state index in [4.69, 9.17) is 5.11 Å². The smallest absolute Gasteiger partial charge is 0.318 e. The fraction of sp³-hybridized carbons (Fsp3) is 0.600. The molecule has 1 N–H and O–H groups in total. The molecule has 0 spiro atoms. The first-order valence-corrected chi connectivity index (χ1v) is 9.32. The number of sulfone groups is 1. The maximum atomic E-state index is 12.6. The zero-order valence-electron chi connectivity index (χ0n) is 11.2. The lowest BCUT2D eigenvalue weighted by molar-refractivity contribution is -0.137. The molecule has 0 aliphatic carbocycles. The number of nitrogens with zero attached hydrogens (tertiary/aromatic N) is 3. The highest BCUT2D eigenvalue weighted by Gasteiger charge is 2.40. The van der Waals surface area contributed by atoms with Gasteiger partial charge in [-0.1, -0.05) is 0 Å². The lowest BCUT2D eigenvalue weighted by atomic mass is 10.2. The Hall–Kier alpha value is -1.46. The average molecular weight is 337 g/mol. The van der Waals surface area contributed by atoms with Crippen LogP contribution in [0.5, 0.6) is 0 Å². The molecule has 118 valence electrons. The van der Waals surface area contributed by atoms with Gasteiger partial charge in [0.05, 0.1) is 17.7 Å². The molecule has 0 bridgehead atoms. The molecule has 0 radical (unpaired) electrons. The number of rotatable bonds is 5. The average Bonchev–Trinajstić information content (AvgIpc) is 2.92. The Balaban J connectivity index is 2.41. The van der Waals surface area contributed by atoms with Crippen molar-refractivity contribution in [3.63, 3.8) is 0 Å². The highest BCUT2D eigenvalue weighted by molar-refractivity contribution is 7.92. The molecule has 2 heterocycles. The number of aliphatic carboxylic acids is 1. The number of sulfonamides is 1. The Morgan fingerprint density at radius 3 is 2.67 bits per heavy atom. The van der Waals surface area contributed by atoms with E-state index in [1.165, 1.54) is 19.3 Å². The molecule has 1 atom stereocenters. The van der Waals surface area contributed by atoms with Crippen LogP contribution in [0.2, 0.25) is 0 Å². The van der Waals surface area contributed by atoms with Crippen molar-refractivity contribution >= 4 is 25.8 Å². The van der Waals surface area contributed by atoms with Crippen LogP contribution >= 0.6 is 0 Å². The number of hydrogen-bond donors (Lipinski definition) is 1. The molecule has 0 amide bonds. The molecule has 0 aromatic carbocycles. The number of aromatic nitrogens is 2. The summed E-state index contributed by atoms with van der Waals surface area (Å²) in [6.07, 6.45) is 1.36. The Morgan fingerprint density at radius 1 is 1.57 bits per heavy atom. The second-order valence-electron chi connectivity index (χ2n) is 4.79. The van der Waals surface area contributed by atoms with Crippen LogP contribution in [0.15, 0.2) is 17.3 Å². The minimum Gasteiger partial charge on any atom is -0.480 e. The van der Waals surface area contributed by atoms with Gasteiger partial charge in [0, 0.05) is 13.1 Å². The maximum absolute atomic E-state index is 12.6. The van der Waals surface area contributed by atoms with Gasteiger partial charge in [0.1, 0.15) is 6.54 Å². The molecule has 1 aromatic heterocycles. The Morgan fingerprint density at radius 2 is 2.24 bits per heavy atom. The van der Waals surface area contributed by atoms with Gasteiger partial charge in [-0.25, -0.2) is 16.8 Å². The third-order valence-corrected chi connectivity index (χ3v) is 6.98. The van der Waals surface area contributed by atoms with Crippen LogP contribution in [-0.2, 0) is 31.7 Å². The van der Waals surface area contributed by atoms with Crippen molar-refractivity contribution in [3.8, 4) is 0 Å². The zero-order chi connectivity index (χ0) is 15.8. The van der Waals surface area contributed by atoms with Gasteiger partial charge < -0.3 is 5.11 Å². The van der Waals surface area contributed by atoms with Crippen molar-refractivity contribution in [2.24, 2.45) is 7.05 Å². The summed E-state index contributed by atoms with van der Waals surface area (Å²) in [5.74, 6) is -1.85. The van der Waals surface area contributed by atoms with Gasteiger partial charge in [0.25, 0.3) is 10.0 Å². The van der Waals surface area contributed by atoms with Crippen LogP contribution in [0.4, 0.5) is 0 Å². The third kappa shape index (κ3) is 3.24. The van der Waals surface area contributed by atoms with E-state index < -0.39 is 38.4 Å². The number of aryl methyl sites for hydroxylation is 1. The summed E-state index contributed by atoms with van der Waals surface area (Å²) in [5, 5.41) is 12.5. The Labute approximate surface area is 122 Å². The van der Waals surface area contributed by atoms with E-state index in [1.54, 1.807) is 0 Å². The van der Waals surface area contributed by atoms with Crippen LogP contribution in [0, 0.1) is 0 Å². The molecule has 0 saturated carbocycles. The number of hydrogen-bond acceptors (Lipinski definition) is 6. The van der Waals surface area contributed by atoms with Gasteiger partial charge in [-0.3, -0.25) is 9.48 Å². The van der Waals surface area contributed by atoms with Crippen molar-refractivity contribution in [2.75, 3.05) is 18.1 Å². The van der Waals surface area contributed by atoms with E-state index in [1.807, 2.05) is 0 Å². The van der Waals surface area contributed by atoms with Crippen molar-refractivity contribution in [1.29, 1.82) is 0 Å². The minimum atomic E-state index is -4.13. The second-order valence-corrected chi connectivity index (χ2v) is 8.86. The van der Waals surface area contributed by atoms with Gasteiger partial charge in [-0.15, -0.1) is 0 Å². The fourth-order valence-corrected chi connectivity index (χ4v) is 5.81. The Bertz CT molecular complexity index is 752. The largest absolute Gasteiger partial charge is 0.480 e. The molecule has 9 nitrogen and oxygen atoms in total. The van der Waals surface area contributed by atoms with E-state index in [-0.39, 0.29) is 23.0 Å². The van der Waals surface area contributed by atoms with Crippen LogP contribution < -0.4 is 0 Å². The number of carbonyl (C=O) groups is 1. The molecule has 1 saturated heterocycles. The van der Waals surface area contributed by atoms with Crippen LogP contribution in [0.25, 0.3) is 0 Å². The lowest BCUT2D eigenvalue weighted by Crippen LogP contribution is -2.44. The number of carboxylic acids is 1. The third-order valence-electron chi connectivity index (χ3n) is 3.26. The molecule has 11 heteroatoms. The summed E-state index contributed by atoms with van der Waals surface area (Å²) >= 11 is 0. The summed E-state index contributed by atoms with van der Waals surface area (Å²) in [4.78, 5) is 11.0. The highest BCUT2D eigenvalue weighted by Crippen LogP contribution is 2.24. The van der Waals surface area contributed by atoms with Crippen LogP contribution in [0.3, 0.4) is 0 Å². The first-order valence-electron chi connectivity index (χ1n) is 6.05. The van der Waals surface area contributed by atoms with Gasteiger partial charge in [0.2, 0.25) is 0 Å². The predicted molar refractivity (Wildman–Crippen MR) is 71.8 cm³/mol. The monoisotopic (exact) mass is 337 g/mol. The molecule has 1 fully saturated rings. The topological polar surface area (TPSA) is 127 Å². The molecule has 1 aliphatic rings. The Kier molecular flexibility index (Phi) is 4.08. The van der Waals surface area contributed by atoms with E-state index in [0.717, 1.165) is 8.99 Å². The highest BCUT2D eigenvalue weighted by atomic mass is 32.2. The van der Waals surface area contributed by atoms with Gasteiger partial charge in [0.15, 0.2) is 14.9 Å². The van der Waals surface area contributed by atoms with Crippen molar-refractivity contribution in [2.45, 2.75) is 17.5 Å². The molecule has 2 rings (SSSR count). The zero-order valence-corrected chi connectivity index (χ0v) is 12.8. The summed E-state index contributed by atoms with van der Waals surface area (Å²) in [7, 11) is -6.05. The summed E-state index contributed by atoms with van der Waals surface area (Å²) in [6.45, 7) is -0.784. The van der Waals surface area contributed by atoms with Crippen LogP contribution in [-0.4, -0.2) is 66.1 Å². The standard InChI is InChI=1S/C10H15N3O6S2/c1-12-9(2-4-11-12)21(18,19)13(6-10(14)15)8-3-5-20(16,17)7-8/h2,4,8H,3,5-7H2,1H3,(H,14,15). The van der Waals surface area contributed by atoms with Gasteiger partial charge in [-0.05, 0) is 12.5 Å². The summed E-state index contributed by atoms with van der Waals surface area (Å²) < 4.78 is 50.0. The first-order chi connectivity index (χ1) is 9.63. The van der Waals surface area contributed by atoms with Crippen molar-refractivity contribution in [3.05, 3.63) is 12.3 Å². The summed E-state index contributed by atoms with van der Waals surface area (Å²) in [6, 6.07) is 0.374. The fourth-order valence-electron chi connectivity index (χ4n) is 2.28.